The first-order valence-corrected chi connectivity index (χ1v) is 10.4. The monoisotopic (exact) mass is 391 g/mol. The molecule has 27 heavy (non-hydrogen) atoms. The van der Waals surface area contributed by atoms with E-state index in [1.54, 1.807) is 31.2 Å². The Labute approximate surface area is 160 Å². The lowest BCUT2D eigenvalue weighted by Crippen LogP contribution is -2.39. The summed E-state index contributed by atoms with van der Waals surface area (Å²) in [5.74, 6) is 0.799. The van der Waals surface area contributed by atoms with Crippen molar-refractivity contribution in [3.8, 4) is 0 Å². The van der Waals surface area contributed by atoms with E-state index < -0.39 is 10.0 Å². The van der Waals surface area contributed by atoms with Gasteiger partial charge in [-0.15, -0.1) is 10.2 Å². The van der Waals surface area contributed by atoms with Crippen molar-refractivity contribution in [3.05, 3.63) is 41.5 Å². The Morgan fingerprint density at radius 2 is 1.78 bits per heavy atom. The van der Waals surface area contributed by atoms with Crippen LogP contribution in [0.3, 0.4) is 0 Å². The fourth-order valence-corrected chi connectivity index (χ4v) is 4.16. The lowest BCUT2D eigenvalue weighted by molar-refractivity contribution is 0.0398. The maximum Gasteiger partial charge on any atom is 0.263 e. The van der Waals surface area contributed by atoms with Gasteiger partial charge in [-0.2, -0.15) is 0 Å². The van der Waals surface area contributed by atoms with Gasteiger partial charge in [-0.1, -0.05) is 12.1 Å². The summed E-state index contributed by atoms with van der Waals surface area (Å²) in [6, 6.07) is 8.63. The zero-order valence-corrected chi connectivity index (χ0v) is 16.4. The summed E-state index contributed by atoms with van der Waals surface area (Å²) in [7, 11) is -3.70. The number of nitrogens with zero attached hydrogens (tertiary/aromatic N) is 3. The van der Waals surface area contributed by atoms with Crippen molar-refractivity contribution in [2.45, 2.75) is 18.7 Å². The number of benzene rings is 1. The molecule has 2 N–H and O–H groups in total. The Bertz CT molecular complexity index is 865. The van der Waals surface area contributed by atoms with Crippen LogP contribution in [0.25, 0.3) is 0 Å². The van der Waals surface area contributed by atoms with E-state index in [0.717, 1.165) is 45.0 Å². The van der Waals surface area contributed by atoms with Crippen molar-refractivity contribution >= 4 is 21.7 Å². The Hall–Kier alpha value is -2.23. The second kappa shape index (κ2) is 8.64. The molecule has 1 saturated heterocycles. The lowest BCUT2D eigenvalue weighted by atomic mass is 10.2. The van der Waals surface area contributed by atoms with Crippen molar-refractivity contribution in [2.24, 2.45) is 0 Å². The topological polar surface area (TPSA) is 96.5 Å². The second-order valence-electron chi connectivity index (χ2n) is 6.56. The standard InChI is InChI=1S/C18H25N5O3S/c1-14-3-4-15(2)16(13-14)27(24,25)22-18-6-5-17(20-21-18)19-7-8-23-9-11-26-12-10-23/h3-6,13H,7-12H2,1-2H3,(H,19,20)(H,21,22). The van der Waals surface area contributed by atoms with E-state index in [0.29, 0.717) is 11.4 Å². The molecule has 1 aliphatic heterocycles. The predicted molar refractivity (Wildman–Crippen MR) is 105 cm³/mol. The predicted octanol–water partition coefficient (Wildman–Crippen LogP) is 1.64. The first kappa shape index (κ1) is 19.5. The molecule has 1 aromatic heterocycles. The molecule has 0 spiro atoms. The average Bonchev–Trinajstić information content (AvgIpc) is 2.66. The van der Waals surface area contributed by atoms with E-state index >= 15 is 0 Å². The Balaban J connectivity index is 1.57. The molecule has 0 unspecified atom stereocenters. The number of aryl methyl sites for hydroxylation is 2. The van der Waals surface area contributed by atoms with Gasteiger partial charge in [0.15, 0.2) is 5.82 Å². The molecule has 0 atom stereocenters. The molecule has 0 saturated carbocycles. The zero-order chi connectivity index (χ0) is 19.3. The first-order chi connectivity index (χ1) is 12.9. The Kier molecular flexibility index (Phi) is 6.25. The summed E-state index contributed by atoms with van der Waals surface area (Å²) in [6.45, 7) is 8.67. The van der Waals surface area contributed by atoms with Crippen LogP contribution < -0.4 is 10.0 Å². The third-order valence-corrected chi connectivity index (χ3v) is 5.87. The molecule has 8 nitrogen and oxygen atoms in total. The number of ether oxygens (including phenoxy) is 1. The van der Waals surface area contributed by atoms with Crippen LogP contribution in [0.5, 0.6) is 0 Å². The highest BCUT2D eigenvalue weighted by Crippen LogP contribution is 2.19. The Morgan fingerprint density at radius 1 is 1.07 bits per heavy atom. The summed E-state index contributed by atoms with van der Waals surface area (Å²) in [5, 5.41) is 11.2. The number of sulfonamides is 1. The molecule has 2 aromatic rings. The van der Waals surface area contributed by atoms with Crippen LogP contribution in [0.2, 0.25) is 0 Å². The van der Waals surface area contributed by atoms with E-state index in [-0.39, 0.29) is 10.7 Å². The number of anilines is 2. The minimum atomic E-state index is -3.70. The van der Waals surface area contributed by atoms with E-state index in [1.165, 1.54) is 0 Å². The second-order valence-corrected chi connectivity index (χ2v) is 8.21. The third-order valence-electron chi connectivity index (χ3n) is 4.37. The van der Waals surface area contributed by atoms with E-state index in [1.807, 2.05) is 13.0 Å². The van der Waals surface area contributed by atoms with Crippen LogP contribution in [-0.4, -0.2) is 62.9 Å². The maximum absolute atomic E-state index is 12.6. The lowest BCUT2D eigenvalue weighted by Gasteiger charge is -2.26. The van der Waals surface area contributed by atoms with Crippen molar-refractivity contribution in [3.63, 3.8) is 0 Å². The molecule has 0 aliphatic carbocycles. The van der Waals surface area contributed by atoms with Gasteiger partial charge in [0.2, 0.25) is 0 Å². The molecule has 1 fully saturated rings. The highest BCUT2D eigenvalue weighted by molar-refractivity contribution is 7.92. The van der Waals surface area contributed by atoms with Crippen LogP contribution in [0.4, 0.5) is 11.6 Å². The third kappa shape index (κ3) is 5.38. The quantitative estimate of drug-likeness (QED) is 0.741. The molecule has 9 heteroatoms. The van der Waals surface area contributed by atoms with Crippen molar-refractivity contribution in [1.29, 1.82) is 0 Å². The molecule has 2 heterocycles. The number of hydrogen-bond donors (Lipinski definition) is 2. The van der Waals surface area contributed by atoms with Crippen molar-refractivity contribution in [2.75, 3.05) is 49.4 Å². The largest absolute Gasteiger partial charge is 0.379 e. The first-order valence-electron chi connectivity index (χ1n) is 8.92. The van der Waals surface area contributed by atoms with Crippen molar-refractivity contribution in [1.82, 2.24) is 15.1 Å². The summed E-state index contributed by atoms with van der Waals surface area (Å²) in [6.07, 6.45) is 0. The minimum Gasteiger partial charge on any atom is -0.379 e. The SMILES string of the molecule is Cc1ccc(C)c(S(=O)(=O)Nc2ccc(NCCN3CCOCC3)nn2)c1. The van der Waals surface area contributed by atoms with Crippen LogP contribution >= 0.6 is 0 Å². The molecule has 146 valence electrons. The molecule has 0 bridgehead atoms. The fourth-order valence-electron chi connectivity index (χ4n) is 2.84. The Morgan fingerprint density at radius 3 is 2.48 bits per heavy atom. The molecule has 1 aromatic carbocycles. The summed E-state index contributed by atoms with van der Waals surface area (Å²) in [4.78, 5) is 2.56. The number of rotatable bonds is 7. The fraction of sp³-hybridized carbons (Fsp3) is 0.444. The van der Waals surface area contributed by atoms with Crippen LogP contribution in [-0.2, 0) is 14.8 Å². The van der Waals surface area contributed by atoms with Gasteiger partial charge in [0.05, 0.1) is 18.1 Å². The number of nitrogens with one attached hydrogen (secondary N) is 2. The molecule has 3 rings (SSSR count). The van der Waals surface area contributed by atoms with Crippen LogP contribution in [0.1, 0.15) is 11.1 Å². The van der Waals surface area contributed by atoms with Gasteiger partial charge in [0.25, 0.3) is 10.0 Å². The van der Waals surface area contributed by atoms with Gasteiger partial charge in [0.1, 0.15) is 5.82 Å². The van der Waals surface area contributed by atoms with Gasteiger partial charge in [0, 0.05) is 26.2 Å². The molecule has 0 amide bonds. The average molecular weight is 391 g/mol. The van der Waals surface area contributed by atoms with E-state index in [2.05, 4.69) is 25.1 Å². The minimum absolute atomic E-state index is 0.189. The summed E-state index contributed by atoms with van der Waals surface area (Å²) in [5.41, 5.74) is 1.56. The summed E-state index contributed by atoms with van der Waals surface area (Å²) >= 11 is 0. The van der Waals surface area contributed by atoms with Crippen LogP contribution in [0.15, 0.2) is 35.2 Å². The van der Waals surface area contributed by atoms with Crippen molar-refractivity contribution < 1.29 is 13.2 Å². The van der Waals surface area contributed by atoms with E-state index in [4.69, 9.17) is 4.74 Å². The molecule has 1 aliphatic rings. The highest BCUT2D eigenvalue weighted by Gasteiger charge is 2.18. The molecule has 0 radical (unpaired) electrons. The summed E-state index contributed by atoms with van der Waals surface area (Å²) < 4.78 is 33.0. The highest BCUT2D eigenvalue weighted by atomic mass is 32.2. The molecular formula is C18H25N5O3S. The van der Waals surface area contributed by atoms with Gasteiger partial charge in [-0.25, -0.2) is 8.42 Å². The molecular weight excluding hydrogens is 366 g/mol. The number of hydrogen-bond acceptors (Lipinski definition) is 7. The normalized spacial score (nSPS) is 15.5. The number of aromatic nitrogens is 2. The van der Waals surface area contributed by atoms with Crippen LogP contribution in [0, 0.1) is 13.8 Å². The van der Waals surface area contributed by atoms with Gasteiger partial charge in [-0.05, 0) is 43.2 Å². The van der Waals surface area contributed by atoms with Gasteiger partial charge in [-0.3, -0.25) is 9.62 Å². The maximum atomic E-state index is 12.6. The zero-order valence-electron chi connectivity index (χ0n) is 15.6. The van der Waals surface area contributed by atoms with E-state index in [9.17, 15) is 8.42 Å². The number of morpholine rings is 1. The van der Waals surface area contributed by atoms with Gasteiger partial charge < -0.3 is 10.1 Å². The smallest absolute Gasteiger partial charge is 0.263 e. The van der Waals surface area contributed by atoms with Gasteiger partial charge >= 0.3 is 0 Å².